The predicted molar refractivity (Wildman–Crippen MR) is 76.0 cm³/mol. The lowest BCUT2D eigenvalue weighted by Crippen LogP contribution is -2.49. The van der Waals surface area contributed by atoms with Crippen LogP contribution in [0.5, 0.6) is 0 Å². The van der Waals surface area contributed by atoms with E-state index in [9.17, 15) is 19.2 Å². The van der Waals surface area contributed by atoms with Gasteiger partial charge in [-0.2, -0.15) is 0 Å². The number of rotatable bonds is 5. The number of likely N-dealkylation sites (N-methyl/N-ethyl adjacent to an activating group) is 2. The molecule has 0 radical (unpaired) electrons. The normalized spacial score (nSPS) is 19.7. The summed E-state index contributed by atoms with van der Waals surface area (Å²) in [6.07, 6.45) is 0.160. The van der Waals surface area contributed by atoms with Crippen molar-refractivity contribution in [2.24, 2.45) is 5.92 Å². The molecule has 7 nitrogen and oxygen atoms in total. The molecule has 1 aliphatic heterocycles. The van der Waals surface area contributed by atoms with Crippen molar-refractivity contribution in [1.82, 2.24) is 14.7 Å². The fourth-order valence-corrected chi connectivity index (χ4v) is 2.21. The number of hydrogen-bond acceptors (Lipinski definition) is 4. The Hall–Kier alpha value is -1.92. The molecule has 0 aliphatic carbocycles. The molecule has 1 aliphatic rings. The molecule has 0 saturated carbocycles. The summed E-state index contributed by atoms with van der Waals surface area (Å²) in [5.41, 5.74) is 0. The Morgan fingerprint density at radius 1 is 1.24 bits per heavy atom. The fraction of sp³-hybridized carbons (Fsp3) is 0.714. The van der Waals surface area contributed by atoms with Gasteiger partial charge in [-0.25, -0.2) is 0 Å². The van der Waals surface area contributed by atoms with Crippen molar-refractivity contribution in [2.45, 2.75) is 33.2 Å². The summed E-state index contributed by atoms with van der Waals surface area (Å²) < 4.78 is 0. The van der Waals surface area contributed by atoms with Gasteiger partial charge in [0.2, 0.25) is 23.6 Å². The van der Waals surface area contributed by atoms with E-state index in [1.54, 1.807) is 27.9 Å². The van der Waals surface area contributed by atoms with Gasteiger partial charge >= 0.3 is 0 Å². The first-order valence-electron chi connectivity index (χ1n) is 6.99. The van der Waals surface area contributed by atoms with E-state index in [1.807, 2.05) is 0 Å². The zero-order chi connectivity index (χ0) is 16.3. The van der Waals surface area contributed by atoms with Gasteiger partial charge < -0.3 is 9.80 Å². The summed E-state index contributed by atoms with van der Waals surface area (Å²) >= 11 is 0. The van der Waals surface area contributed by atoms with Gasteiger partial charge in [-0.05, 0) is 6.92 Å². The molecule has 4 amide bonds. The van der Waals surface area contributed by atoms with Gasteiger partial charge in [-0.15, -0.1) is 0 Å². The topological polar surface area (TPSA) is 78.0 Å². The lowest BCUT2D eigenvalue weighted by molar-refractivity contribution is -0.150. The lowest BCUT2D eigenvalue weighted by Gasteiger charge is -2.28. The van der Waals surface area contributed by atoms with Crippen LogP contribution in [0.15, 0.2) is 0 Å². The molecule has 1 rings (SSSR count). The van der Waals surface area contributed by atoms with Gasteiger partial charge in [0.05, 0.1) is 0 Å². The molecule has 0 aromatic heterocycles. The first-order chi connectivity index (χ1) is 9.66. The van der Waals surface area contributed by atoms with E-state index >= 15 is 0 Å². The molecule has 1 unspecified atom stereocenters. The highest BCUT2D eigenvalue weighted by atomic mass is 16.2. The van der Waals surface area contributed by atoms with Gasteiger partial charge in [0.25, 0.3) is 0 Å². The Bertz CT molecular complexity index is 463. The zero-order valence-corrected chi connectivity index (χ0v) is 13.3. The third-order valence-electron chi connectivity index (χ3n) is 3.84. The molecule has 1 heterocycles. The molecule has 118 valence electrons. The molecule has 0 bridgehead atoms. The molecule has 0 N–H and O–H groups in total. The third-order valence-corrected chi connectivity index (χ3v) is 3.84. The molecule has 0 aromatic rings. The standard InChI is InChI=1S/C14H23N3O4/c1-9-8-12(19)17(13(9)20)10(2)14(21)16(5)7-6-15(4)11(3)18/h9-10H,6-8H2,1-5H3/t9?,10-/m0/s1. The average molecular weight is 297 g/mol. The van der Waals surface area contributed by atoms with Crippen molar-refractivity contribution in [1.29, 1.82) is 0 Å². The number of carbonyl (C=O) groups excluding carboxylic acids is 4. The number of likely N-dealkylation sites (tertiary alicyclic amines) is 1. The number of carbonyl (C=O) groups is 4. The van der Waals surface area contributed by atoms with E-state index < -0.39 is 6.04 Å². The highest BCUT2D eigenvalue weighted by Gasteiger charge is 2.41. The van der Waals surface area contributed by atoms with Gasteiger partial charge in [0, 0.05) is 46.4 Å². The maximum atomic E-state index is 12.3. The van der Waals surface area contributed by atoms with Crippen LogP contribution in [0.1, 0.15) is 27.2 Å². The molecule has 2 atom stereocenters. The van der Waals surface area contributed by atoms with Crippen LogP contribution < -0.4 is 0 Å². The summed E-state index contributed by atoms with van der Waals surface area (Å²) in [4.78, 5) is 51.1. The monoisotopic (exact) mass is 297 g/mol. The Labute approximate surface area is 124 Å². The Morgan fingerprint density at radius 2 is 1.76 bits per heavy atom. The van der Waals surface area contributed by atoms with E-state index in [-0.39, 0.29) is 36.0 Å². The van der Waals surface area contributed by atoms with Gasteiger partial charge in [-0.1, -0.05) is 6.92 Å². The minimum absolute atomic E-state index is 0.0809. The second kappa shape index (κ2) is 6.69. The van der Waals surface area contributed by atoms with Crippen molar-refractivity contribution in [2.75, 3.05) is 27.2 Å². The highest BCUT2D eigenvalue weighted by Crippen LogP contribution is 2.21. The molecule has 7 heteroatoms. The Balaban J connectivity index is 2.63. The number of amides is 4. The summed E-state index contributed by atoms with van der Waals surface area (Å²) in [5, 5.41) is 0. The van der Waals surface area contributed by atoms with E-state index in [0.29, 0.717) is 13.1 Å². The zero-order valence-electron chi connectivity index (χ0n) is 13.3. The Morgan fingerprint density at radius 3 is 2.19 bits per heavy atom. The van der Waals surface area contributed by atoms with Crippen LogP contribution >= 0.6 is 0 Å². The highest BCUT2D eigenvalue weighted by molar-refractivity contribution is 6.06. The summed E-state index contributed by atoms with van der Waals surface area (Å²) in [7, 11) is 3.25. The second-order valence-electron chi connectivity index (χ2n) is 5.58. The molecule has 21 heavy (non-hydrogen) atoms. The van der Waals surface area contributed by atoms with E-state index in [0.717, 1.165) is 4.90 Å². The SMILES string of the molecule is CC(=O)N(C)CCN(C)C(=O)[C@H](C)N1C(=O)CC(C)C1=O. The number of hydrogen-bond donors (Lipinski definition) is 0. The van der Waals surface area contributed by atoms with Gasteiger partial charge in [-0.3, -0.25) is 24.1 Å². The average Bonchev–Trinajstić information content (AvgIpc) is 2.67. The van der Waals surface area contributed by atoms with Gasteiger partial charge in [0.15, 0.2) is 0 Å². The van der Waals surface area contributed by atoms with E-state index in [1.165, 1.54) is 16.7 Å². The number of imide groups is 1. The second-order valence-corrected chi connectivity index (χ2v) is 5.58. The summed E-state index contributed by atoms with van der Waals surface area (Å²) in [6.45, 7) is 5.45. The molecule has 0 aromatic carbocycles. The van der Waals surface area contributed by atoms with Crippen molar-refractivity contribution in [3.63, 3.8) is 0 Å². The summed E-state index contributed by atoms with van der Waals surface area (Å²) in [6, 6.07) is -0.803. The molecule has 1 saturated heterocycles. The maximum Gasteiger partial charge on any atom is 0.245 e. The van der Waals surface area contributed by atoms with Crippen LogP contribution in [0.2, 0.25) is 0 Å². The predicted octanol–water partition coefficient (Wildman–Crippen LogP) is -0.293. The fourth-order valence-electron chi connectivity index (χ4n) is 2.21. The van der Waals surface area contributed by atoms with Crippen LogP contribution in [-0.2, 0) is 19.2 Å². The van der Waals surface area contributed by atoms with Crippen LogP contribution in [0.4, 0.5) is 0 Å². The van der Waals surface area contributed by atoms with Crippen LogP contribution in [0, 0.1) is 5.92 Å². The Kier molecular flexibility index (Phi) is 5.46. The van der Waals surface area contributed by atoms with Crippen molar-refractivity contribution >= 4 is 23.6 Å². The molecular weight excluding hydrogens is 274 g/mol. The minimum Gasteiger partial charge on any atom is -0.344 e. The van der Waals surface area contributed by atoms with Crippen LogP contribution in [0.3, 0.4) is 0 Å². The molecule has 0 spiro atoms. The molecule has 1 fully saturated rings. The van der Waals surface area contributed by atoms with Crippen molar-refractivity contribution in [3.8, 4) is 0 Å². The minimum atomic E-state index is -0.803. The lowest BCUT2D eigenvalue weighted by atomic mass is 10.1. The van der Waals surface area contributed by atoms with E-state index in [4.69, 9.17) is 0 Å². The van der Waals surface area contributed by atoms with E-state index in [2.05, 4.69) is 0 Å². The largest absolute Gasteiger partial charge is 0.344 e. The smallest absolute Gasteiger partial charge is 0.245 e. The van der Waals surface area contributed by atoms with Gasteiger partial charge in [0.1, 0.15) is 6.04 Å². The first kappa shape index (κ1) is 17.1. The van der Waals surface area contributed by atoms with Crippen molar-refractivity contribution in [3.05, 3.63) is 0 Å². The number of nitrogens with zero attached hydrogens (tertiary/aromatic N) is 3. The summed E-state index contributed by atoms with van der Waals surface area (Å²) in [5.74, 6) is -1.34. The quantitative estimate of drug-likeness (QED) is 0.653. The van der Waals surface area contributed by atoms with Crippen LogP contribution in [0.25, 0.3) is 0 Å². The third kappa shape index (κ3) is 3.80. The first-order valence-corrected chi connectivity index (χ1v) is 6.99. The molecular formula is C14H23N3O4. The van der Waals surface area contributed by atoms with Crippen LogP contribution in [-0.4, -0.2) is 71.6 Å². The van der Waals surface area contributed by atoms with Crippen molar-refractivity contribution < 1.29 is 19.2 Å². The maximum absolute atomic E-state index is 12.3.